The number of aliphatic carboxylic acids is 1. The lowest BCUT2D eigenvalue weighted by Crippen LogP contribution is -2.36. The molecule has 0 aliphatic carbocycles. The van der Waals surface area contributed by atoms with Gasteiger partial charge < -0.3 is 60.6 Å². The topological polar surface area (TPSA) is 279 Å². The van der Waals surface area contributed by atoms with Crippen LogP contribution < -0.4 is 46.2 Å². The number of nitrogens with one attached hydrogen (secondary N) is 5. The Morgan fingerprint density at radius 2 is 0.701 bits per heavy atom. The lowest BCUT2D eigenvalue weighted by Gasteiger charge is -2.30. The van der Waals surface area contributed by atoms with Crippen LogP contribution in [0.25, 0.3) is 33.8 Å². The van der Waals surface area contributed by atoms with Gasteiger partial charge in [0.05, 0.1) is 96.5 Å². The largest absolute Gasteiger partial charge is 0.481 e. The molecular weight excluding hydrogens is 1960 g/mol. The van der Waals surface area contributed by atoms with Gasteiger partial charge in [-0.05, 0) is 276 Å². The van der Waals surface area contributed by atoms with E-state index in [0.29, 0.717) is 132 Å². The van der Waals surface area contributed by atoms with Gasteiger partial charge in [-0.15, -0.1) is 0 Å². The Morgan fingerprint density at radius 1 is 0.374 bits per heavy atom. The Balaban J connectivity index is 0.000000185. The van der Waals surface area contributed by atoms with E-state index in [1.165, 1.54) is 74.2 Å². The summed E-state index contributed by atoms with van der Waals surface area (Å²) in [6.07, 6.45) is 1.46. The summed E-state index contributed by atoms with van der Waals surface area (Å²) in [5.41, 5.74) is 12.5. The second-order valence-corrected chi connectivity index (χ2v) is 39.7. The van der Waals surface area contributed by atoms with Crippen molar-refractivity contribution in [2.75, 3.05) is 117 Å². The number of carboxylic acids is 1. The number of alkyl halides is 9. The molecule has 0 radical (unpaired) electrons. The normalized spacial score (nSPS) is 13.3. The number of carboxylic acid groups (broad SMARTS) is 1. The highest BCUT2D eigenvalue weighted by Crippen LogP contribution is 2.42. The van der Waals surface area contributed by atoms with Gasteiger partial charge in [0, 0.05) is 167 Å². The molecule has 3 saturated heterocycles. The molecule has 0 unspecified atom stereocenters. The minimum atomic E-state index is -4.55. The number of aromatic nitrogens is 3. The Hall–Kier alpha value is -14.1. The molecule has 0 bridgehead atoms. The summed E-state index contributed by atoms with van der Waals surface area (Å²) < 4.78 is 135. The number of halogens is 9. The first kappa shape index (κ1) is 110. The predicted octanol–water partition coefficient (Wildman–Crippen LogP) is 26.5. The number of esters is 2. The van der Waals surface area contributed by atoms with E-state index in [9.17, 15) is 73.1 Å². The van der Waals surface area contributed by atoms with Crippen molar-refractivity contribution in [3.05, 3.63) is 322 Å². The summed E-state index contributed by atoms with van der Waals surface area (Å²) in [5.74, 6) is 1.30. The summed E-state index contributed by atoms with van der Waals surface area (Å²) in [4.78, 5) is 110. The number of methoxy groups -OCH3 is 2. The standard InChI is InChI=1S/C41H45F3N4O5S.C36H37F3N4O3S.C35H35F3N4O3S/c1-40(2,3)53-39(51)48(26-28-10-9-13-31(23-28)41(42,43)44)33-16-18-45-36(25-33)34-24-32(47-19-6-5-7-20-47)14-15-35(34)46-38(50)30-12-8-11-29(22-30)27-54-21-17-37(49)52-4;1-46-34(44)14-18-47-24-26-8-5-9-27(19-26)35(45)42-32-12-11-30(43-16-3-2-4-17-43)22-31(32)33-21-29(13-15-40-33)41-23-25-7-6-10-28(20-25)36(37,38)39;36-35(37,38)27-9-5-6-24(19-27)22-40-28-12-14-39-32(20-28)30-21-29(42-15-2-1-3-16-42)10-11-31(30)41-34(45)26-8-4-7-25(18-26)23-46-17-13-33(43)44/h8-16,18,22-25H,5-7,17,19-21,26-27H2,1-4H3,(H,46,50);5-13,15,19-22H,2-4,14,16-18,23-24H2,1H3,(H,40,41)(H,42,45);4-12,14,18-21H,1-3,13,15-17,22-23H2,(H,39,40)(H,41,45)(H,43,44). The van der Waals surface area contributed by atoms with Crippen LogP contribution in [0, 0.1) is 0 Å². The first-order valence-corrected chi connectivity index (χ1v) is 51.8. The molecule has 35 heteroatoms. The SMILES string of the molecule is COC(=O)CCSCc1cccc(C(=O)Nc2ccc(N3CCCCC3)cc2-c2cc(N(Cc3cccc(C(F)(F)F)c3)C(=O)OC(C)(C)C)ccn2)c1.COC(=O)CCSCc1cccc(C(=O)Nc2ccc(N3CCCCC3)cc2-c2cc(NCc3cccc(C(F)(F)F)c3)ccn2)c1.O=C(O)CCSCc1cccc(C(=O)Nc2ccc(N3CCCCC3)cc2-c2cc(NCc3cccc(C(F)(F)F)c3)ccn2)c1. The smallest absolute Gasteiger partial charge is 0.416 e. The number of nitrogens with zero attached hydrogens (tertiary/aromatic N) is 7. The third-order valence-corrected chi connectivity index (χ3v) is 27.3. The van der Waals surface area contributed by atoms with E-state index in [2.05, 4.69) is 56.2 Å². The number of thioether (sulfide) groups is 3. The van der Waals surface area contributed by atoms with Crippen LogP contribution >= 0.6 is 35.3 Å². The molecule has 9 aromatic carbocycles. The number of anilines is 9. The van der Waals surface area contributed by atoms with Crippen LogP contribution in [0.5, 0.6) is 0 Å². The molecule has 6 heterocycles. The molecule has 147 heavy (non-hydrogen) atoms. The highest BCUT2D eigenvalue weighted by Gasteiger charge is 2.35. The van der Waals surface area contributed by atoms with Crippen molar-refractivity contribution < 1.29 is 92.4 Å². The minimum Gasteiger partial charge on any atom is -0.481 e. The Morgan fingerprint density at radius 3 is 1.05 bits per heavy atom. The molecule has 6 N–H and O–H groups in total. The average molecular weight is 2070 g/mol. The first-order chi connectivity index (χ1) is 70.5. The maximum Gasteiger partial charge on any atom is 0.416 e. The third kappa shape index (κ3) is 33.7. The van der Waals surface area contributed by atoms with Crippen molar-refractivity contribution in [3.63, 3.8) is 0 Å². The van der Waals surface area contributed by atoms with Gasteiger partial charge in [0.15, 0.2) is 0 Å². The third-order valence-electron chi connectivity index (χ3n) is 24.2. The maximum absolute atomic E-state index is 13.7. The van der Waals surface area contributed by atoms with Crippen molar-refractivity contribution in [2.24, 2.45) is 0 Å². The molecule has 772 valence electrons. The Bertz CT molecular complexity index is 6530. The van der Waals surface area contributed by atoms with E-state index in [0.717, 1.165) is 165 Å². The number of hydrogen-bond donors (Lipinski definition) is 6. The number of rotatable bonds is 36. The summed E-state index contributed by atoms with van der Waals surface area (Å²) in [6.45, 7) is 10.9. The lowest BCUT2D eigenvalue weighted by molar-refractivity contribution is -0.141. The van der Waals surface area contributed by atoms with Gasteiger partial charge in [0.2, 0.25) is 0 Å². The molecule has 3 fully saturated rings. The summed E-state index contributed by atoms with van der Waals surface area (Å²) in [5, 5.41) is 24.5. The number of amides is 4. The van der Waals surface area contributed by atoms with Crippen LogP contribution in [0.3, 0.4) is 0 Å². The Kier molecular flexibility index (Phi) is 39.6. The van der Waals surface area contributed by atoms with Gasteiger partial charge in [-0.3, -0.25) is 48.6 Å². The van der Waals surface area contributed by atoms with E-state index in [-0.39, 0.29) is 61.3 Å². The Labute approximate surface area is 861 Å². The van der Waals surface area contributed by atoms with Gasteiger partial charge in [-0.25, -0.2) is 4.79 Å². The van der Waals surface area contributed by atoms with E-state index >= 15 is 0 Å². The number of ether oxygens (including phenoxy) is 3. The quantitative estimate of drug-likeness (QED) is 0.00921. The van der Waals surface area contributed by atoms with Crippen molar-refractivity contribution in [1.29, 1.82) is 0 Å². The van der Waals surface area contributed by atoms with E-state index in [1.54, 1.807) is 117 Å². The van der Waals surface area contributed by atoms with Gasteiger partial charge in [-0.1, -0.05) is 72.8 Å². The fraction of sp³-hybridized carbons (Fsp3) is 0.321. The number of hydrogen-bond acceptors (Lipinski definition) is 21. The molecule has 0 saturated carbocycles. The highest BCUT2D eigenvalue weighted by molar-refractivity contribution is 7.99. The van der Waals surface area contributed by atoms with Crippen molar-refractivity contribution >= 4 is 128 Å². The van der Waals surface area contributed by atoms with Gasteiger partial charge >= 0.3 is 42.5 Å². The van der Waals surface area contributed by atoms with Crippen molar-refractivity contribution in [2.45, 2.75) is 159 Å². The molecular formula is C112H117F9N12O11S3. The summed E-state index contributed by atoms with van der Waals surface area (Å²) in [6, 6.07) is 65.3. The predicted molar refractivity (Wildman–Crippen MR) is 566 cm³/mol. The lowest BCUT2D eigenvalue weighted by atomic mass is 10.0. The zero-order chi connectivity index (χ0) is 105. The van der Waals surface area contributed by atoms with Crippen LogP contribution in [0.4, 0.5) is 95.5 Å². The fourth-order valence-corrected chi connectivity index (χ4v) is 19.3. The van der Waals surface area contributed by atoms with E-state index < -0.39 is 52.9 Å². The number of benzene rings is 9. The van der Waals surface area contributed by atoms with Crippen LogP contribution in [0.2, 0.25) is 0 Å². The van der Waals surface area contributed by atoms with Crippen LogP contribution in [0.1, 0.15) is 179 Å². The van der Waals surface area contributed by atoms with Crippen LogP contribution in [0.15, 0.2) is 255 Å². The summed E-state index contributed by atoms with van der Waals surface area (Å²) >= 11 is 4.66. The molecule has 3 aliphatic heterocycles. The van der Waals surface area contributed by atoms with Crippen LogP contribution in [-0.4, -0.2) is 138 Å². The number of pyridine rings is 3. The molecule has 12 aromatic rings. The van der Waals surface area contributed by atoms with Gasteiger partial charge in [0.25, 0.3) is 17.7 Å². The second-order valence-electron chi connectivity index (χ2n) is 36.4. The van der Waals surface area contributed by atoms with Crippen molar-refractivity contribution in [1.82, 2.24) is 15.0 Å². The van der Waals surface area contributed by atoms with Gasteiger partial charge in [-0.2, -0.15) is 74.8 Å². The van der Waals surface area contributed by atoms with E-state index in [4.69, 9.17) is 19.3 Å². The van der Waals surface area contributed by atoms with Crippen molar-refractivity contribution in [3.8, 4) is 33.8 Å². The zero-order valence-electron chi connectivity index (χ0n) is 82.1. The second kappa shape index (κ2) is 52.8. The zero-order valence-corrected chi connectivity index (χ0v) is 84.6. The molecule has 0 atom stereocenters. The molecule has 3 aromatic heterocycles. The van der Waals surface area contributed by atoms with E-state index in [1.807, 2.05) is 115 Å². The van der Waals surface area contributed by atoms with Crippen LogP contribution in [-0.2, 0) is 84.0 Å². The monoisotopic (exact) mass is 2070 g/mol. The van der Waals surface area contributed by atoms with Gasteiger partial charge in [0.1, 0.15) is 5.60 Å². The molecule has 4 amide bonds. The number of carbonyl (C=O) groups is 7. The molecule has 3 aliphatic rings. The average Bonchev–Trinajstić information content (AvgIpc) is 0.786. The minimum absolute atomic E-state index is 0.0804. The summed E-state index contributed by atoms with van der Waals surface area (Å²) in [7, 11) is 2.73. The number of piperidine rings is 3. The fourth-order valence-electron chi connectivity index (χ4n) is 16.7. The molecule has 15 rings (SSSR count). The number of carbonyl (C=O) groups excluding carboxylic acids is 6. The molecule has 0 spiro atoms. The first-order valence-electron chi connectivity index (χ1n) is 48.4. The molecule has 23 nitrogen and oxygen atoms in total. The maximum atomic E-state index is 13.7. The highest BCUT2D eigenvalue weighted by atomic mass is 32.2.